The van der Waals surface area contributed by atoms with Crippen molar-refractivity contribution in [1.29, 1.82) is 0 Å². The molecule has 6 aromatic carbocycles. The first-order chi connectivity index (χ1) is 21.3. The van der Waals surface area contributed by atoms with Crippen LogP contribution >= 0.6 is 0 Å². The largest absolute Gasteiger partial charge is 0.416 e. The van der Waals surface area contributed by atoms with Crippen molar-refractivity contribution in [3.05, 3.63) is 151 Å². The van der Waals surface area contributed by atoms with Gasteiger partial charge in [-0.3, -0.25) is 4.98 Å². The highest BCUT2D eigenvalue weighted by Crippen LogP contribution is 2.35. The number of para-hydroxylation sites is 1. The molecule has 0 bridgehead atoms. The van der Waals surface area contributed by atoms with Gasteiger partial charge in [0.05, 0.1) is 11.1 Å². The van der Waals surface area contributed by atoms with Gasteiger partial charge in [-0.2, -0.15) is 13.2 Å². The number of halogens is 3. The number of hydrogen-bond donors (Lipinski definition) is 0. The van der Waals surface area contributed by atoms with E-state index in [1.807, 2.05) is 61.7 Å². The number of pyridine rings is 1. The van der Waals surface area contributed by atoms with Gasteiger partial charge in [-0.25, -0.2) is 0 Å². The summed E-state index contributed by atoms with van der Waals surface area (Å²) in [5, 5.41) is 3.39. The molecule has 0 radical (unpaired) electrons. The Balaban J connectivity index is 1.16. The van der Waals surface area contributed by atoms with Gasteiger partial charge in [0.1, 0.15) is 0 Å². The molecule has 0 aliphatic heterocycles. The minimum absolute atomic E-state index is 0.542. The lowest BCUT2D eigenvalue weighted by Crippen LogP contribution is -2.06. The molecular formula is C40H28F3N. The first-order valence-corrected chi connectivity index (χ1v) is 14.7. The average Bonchev–Trinajstić information content (AvgIpc) is 3.07. The van der Waals surface area contributed by atoms with Gasteiger partial charge in [-0.05, 0) is 98.1 Å². The molecule has 1 heterocycles. The van der Waals surface area contributed by atoms with Crippen molar-refractivity contribution < 1.29 is 13.2 Å². The second-order valence-corrected chi connectivity index (χ2v) is 11.1. The minimum atomic E-state index is -4.37. The summed E-state index contributed by atoms with van der Waals surface area (Å²) in [4.78, 5) is 4.60. The lowest BCUT2D eigenvalue weighted by molar-refractivity contribution is -0.137. The molecule has 0 unspecified atom stereocenters. The summed E-state index contributed by atoms with van der Waals surface area (Å²) in [6, 6.07) is 43.8. The molecule has 0 amide bonds. The van der Waals surface area contributed by atoms with Gasteiger partial charge >= 0.3 is 6.18 Å². The van der Waals surface area contributed by atoms with Gasteiger partial charge in [-0.15, -0.1) is 0 Å². The molecule has 0 saturated carbocycles. The Labute approximate surface area is 254 Å². The summed E-state index contributed by atoms with van der Waals surface area (Å²) in [5.74, 6) is 0. The van der Waals surface area contributed by atoms with Crippen molar-refractivity contribution in [1.82, 2.24) is 4.98 Å². The fourth-order valence-electron chi connectivity index (χ4n) is 5.77. The molecule has 7 rings (SSSR count). The van der Waals surface area contributed by atoms with Crippen molar-refractivity contribution in [2.75, 3.05) is 0 Å². The molecule has 0 aliphatic carbocycles. The van der Waals surface area contributed by atoms with Crippen LogP contribution in [0.25, 0.3) is 66.2 Å². The van der Waals surface area contributed by atoms with E-state index >= 15 is 0 Å². The lowest BCUT2D eigenvalue weighted by atomic mass is 9.94. The molecule has 1 nitrogen and oxygen atoms in total. The third-order valence-corrected chi connectivity index (χ3v) is 8.26. The van der Waals surface area contributed by atoms with E-state index in [0.717, 1.165) is 60.6 Å². The predicted molar refractivity (Wildman–Crippen MR) is 175 cm³/mol. The Morgan fingerprint density at radius 3 is 1.59 bits per heavy atom. The molecule has 0 N–H and O–H groups in total. The van der Waals surface area contributed by atoms with E-state index in [1.54, 1.807) is 0 Å². The van der Waals surface area contributed by atoms with Crippen LogP contribution in [-0.4, -0.2) is 4.98 Å². The van der Waals surface area contributed by atoms with Crippen LogP contribution < -0.4 is 0 Å². The second-order valence-electron chi connectivity index (χ2n) is 11.1. The molecular weight excluding hydrogens is 551 g/mol. The fourth-order valence-corrected chi connectivity index (χ4v) is 5.77. The van der Waals surface area contributed by atoms with E-state index in [-0.39, 0.29) is 0 Å². The number of alkyl halides is 3. The van der Waals surface area contributed by atoms with Gasteiger partial charge in [-0.1, -0.05) is 104 Å². The quantitative estimate of drug-likeness (QED) is 0.198. The van der Waals surface area contributed by atoms with Gasteiger partial charge in [0.15, 0.2) is 0 Å². The number of benzene rings is 6. The average molecular weight is 580 g/mol. The van der Waals surface area contributed by atoms with Crippen LogP contribution in [0.3, 0.4) is 0 Å². The van der Waals surface area contributed by atoms with E-state index in [0.29, 0.717) is 17.5 Å². The van der Waals surface area contributed by atoms with Crippen LogP contribution in [0.4, 0.5) is 13.2 Å². The zero-order valence-electron chi connectivity index (χ0n) is 24.1. The maximum atomic E-state index is 13.5. The molecule has 0 spiro atoms. The molecule has 0 fully saturated rings. The van der Waals surface area contributed by atoms with E-state index in [4.69, 9.17) is 0 Å². The van der Waals surface area contributed by atoms with Gasteiger partial charge < -0.3 is 0 Å². The summed E-state index contributed by atoms with van der Waals surface area (Å²) in [6.07, 6.45) is -1.91. The number of aryl methyl sites for hydroxylation is 1. The van der Waals surface area contributed by atoms with Crippen LogP contribution in [0.5, 0.6) is 0 Å². The molecule has 44 heavy (non-hydrogen) atoms. The van der Waals surface area contributed by atoms with E-state index in [2.05, 4.69) is 77.8 Å². The Kier molecular flexibility index (Phi) is 6.98. The number of hydrogen-bond acceptors (Lipinski definition) is 1. The van der Waals surface area contributed by atoms with Gasteiger partial charge in [0, 0.05) is 17.1 Å². The maximum Gasteiger partial charge on any atom is 0.416 e. The van der Waals surface area contributed by atoms with Crippen molar-refractivity contribution in [3.8, 4) is 44.5 Å². The van der Waals surface area contributed by atoms with Crippen molar-refractivity contribution in [2.24, 2.45) is 0 Å². The summed E-state index contributed by atoms with van der Waals surface area (Å²) >= 11 is 0. The minimum Gasteiger partial charge on any atom is -0.256 e. The number of rotatable bonds is 5. The molecule has 7 aromatic rings. The van der Waals surface area contributed by atoms with Crippen molar-refractivity contribution in [3.63, 3.8) is 0 Å². The van der Waals surface area contributed by atoms with Crippen LogP contribution in [0.15, 0.2) is 140 Å². The molecule has 4 heteroatoms. The van der Waals surface area contributed by atoms with Crippen LogP contribution in [0, 0.1) is 0 Å². The van der Waals surface area contributed by atoms with Crippen molar-refractivity contribution in [2.45, 2.75) is 19.5 Å². The van der Waals surface area contributed by atoms with Crippen molar-refractivity contribution >= 4 is 21.7 Å². The molecule has 1 aromatic heterocycles. The van der Waals surface area contributed by atoms with Crippen LogP contribution in [0.1, 0.15) is 18.1 Å². The molecule has 0 aliphatic rings. The first-order valence-electron chi connectivity index (χ1n) is 14.7. The monoisotopic (exact) mass is 579 g/mol. The highest BCUT2D eigenvalue weighted by molar-refractivity contribution is 5.91. The predicted octanol–water partition coefficient (Wildman–Crippen LogP) is 11.6. The lowest BCUT2D eigenvalue weighted by Gasteiger charge is -2.12. The van der Waals surface area contributed by atoms with Crippen LogP contribution in [-0.2, 0) is 12.6 Å². The SMILES string of the molecule is CCc1cc(-c2ccc(-c3ccc4ccc(-c5ccc(-c6cnc7ccccc7c6)cc5)cc4c3)cc2)cc(C(F)(F)F)c1. The first kappa shape index (κ1) is 27.6. The molecule has 0 atom stereocenters. The third-order valence-electron chi connectivity index (χ3n) is 8.26. The van der Waals surface area contributed by atoms with Crippen LogP contribution in [0.2, 0.25) is 0 Å². The normalized spacial score (nSPS) is 11.7. The number of nitrogens with zero attached hydrogens (tertiary/aromatic N) is 1. The van der Waals surface area contributed by atoms with Gasteiger partial charge in [0.25, 0.3) is 0 Å². The Bertz CT molecular complexity index is 2130. The second kappa shape index (κ2) is 11.1. The molecule has 0 saturated heterocycles. The summed E-state index contributed by atoms with van der Waals surface area (Å²) in [5.41, 5.74) is 8.92. The Morgan fingerprint density at radius 2 is 1.00 bits per heavy atom. The van der Waals surface area contributed by atoms with Gasteiger partial charge in [0.2, 0.25) is 0 Å². The fraction of sp³-hybridized carbons (Fsp3) is 0.0750. The Hall–Kier alpha value is -5.22. The topological polar surface area (TPSA) is 12.9 Å². The summed E-state index contributed by atoms with van der Waals surface area (Å²) in [6.45, 7) is 1.87. The summed E-state index contributed by atoms with van der Waals surface area (Å²) < 4.78 is 40.4. The number of fused-ring (bicyclic) bond motifs is 2. The summed E-state index contributed by atoms with van der Waals surface area (Å²) in [7, 11) is 0. The maximum absolute atomic E-state index is 13.5. The zero-order valence-corrected chi connectivity index (χ0v) is 24.1. The van der Waals surface area contributed by atoms with E-state index in [9.17, 15) is 13.2 Å². The molecule has 214 valence electrons. The number of aromatic nitrogens is 1. The standard InChI is InChI=1S/C40H28F3N/c1-2-26-19-35(24-38(20-26)40(41,42)43)29-11-7-27(8-12-29)32-17-15-30-16-18-33(22-36(30)21-32)28-9-13-31(14-10-28)37-23-34-5-3-4-6-39(34)44-25-37/h3-25H,2H2,1H3. The smallest absolute Gasteiger partial charge is 0.256 e. The van der Waals surface area contributed by atoms with E-state index in [1.165, 1.54) is 12.1 Å². The highest BCUT2D eigenvalue weighted by atomic mass is 19.4. The van der Waals surface area contributed by atoms with E-state index < -0.39 is 11.7 Å². The highest BCUT2D eigenvalue weighted by Gasteiger charge is 2.31. The third kappa shape index (κ3) is 5.47. The Morgan fingerprint density at radius 1 is 0.477 bits per heavy atom. The zero-order chi connectivity index (χ0) is 30.3.